The minimum atomic E-state index is -0.672. The number of rotatable bonds is 8. The molecule has 0 saturated carbocycles. The number of aromatic nitrogens is 3. The zero-order valence-electron chi connectivity index (χ0n) is 36.5. The van der Waals surface area contributed by atoms with Crippen LogP contribution in [-0.4, -0.2) is 119 Å². The Kier molecular flexibility index (Phi) is 11.6. The van der Waals surface area contributed by atoms with Crippen LogP contribution in [0.25, 0.3) is 0 Å². The van der Waals surface area contributed by atoms with Crippen molar-refractivity contribution < 1.29 is 37.4 Å². The number of carbonyl (C=O) groups excluding carboxylic acids is 4. The first-order valence-electron chi connectivity index (χ1n) is 21.9. The predicted octanol–water partition coefficient (Wildman–Crippen LogP) is 4.99. The first kappa shape index (κ1) is 42.9. The molecule has 0 aliphatic carbocycles. The maximum Gasteiger partial charge on any atom is 0.415 e. The third-order valence-corrected chi connectivity index (χ3v) is 12.6. The molecule has 336 valence electrons. The van der Waals surface area contributed by atoms with Gasteiger partial charge in [0, 0.05) is 87.0 Å². The minimum Gasteiger partial charge on any atom is -0.474 e. The number of benzene rings is 2. The number of piperidine rings is 1. The number of imide groups is 1. The molecule has 2 aromatic carbocycles. The lowest BCUT2D eigenvalue weighted by Crippen LogP contribution is -2.63. The van der Waals surface area contributed by atoms with Crippen molar-refractivity contribution >= 4 is 52.5 Å². The van der Waals surface area contributed by atoms with E-state index in [1.54, 1.807) is 40.4 Å². The van der Waals surface area contributed by atoms with Crippen LogP contribution in [0.15, 0.2) is 48.8 Å². The Morgan fingerprint density at radius 1 is 0.938 bits per heavy atom. The van der Waals surface area contributed by atoms with Gasteiger partial charge in [0.2, 0.25) is 29.5 Å². The van der Waals surface area contributed by atoms with Gasteiger partial charge in [0.05, 0.1) is 43.0 Å². The maximum atomic E-state index is 15.5. The van der Waals surface area contributed by atoms with Crippen molar-refractivity contribution in [3.8, 4) is 5.88 Å². The van der Waals surface area contributed by atoms with E-state index in [0.29, 0.717) is 113 Å². The van der Waals surface area contributed by atoms with Crippen molar-refractivity contribution in [2.45, 2.75) is 77.5 Å². The first-order chi connectivity index (χ1) is 30.7. The van der Waals surface area contributed by atoms with E-state index in [4.69, 9.17) is 14.5 Å². The number of amides is 4. The molecule has 7 heterocycles. The first-order valence-corrected chi connectivity index (χ1v) is 21.9. The number of carbonyl (C=O) groups is 4. The second kappa shape index (κ2) is 17.3. The highest BCUT2D eigenvalue weighted by Crippen LogP contribution is 2.40. The van der Waals surface area contributed by atoms with Gasteiger partial charge in [-0.3, -0.25) is 29.5 Å². The molecule has 3 fully saturated rings. The minimum absolute atomic E-state index is 0.0620. The monoisotopic (exact) mass is 878 g/mol. The number of ether oxygens (including phenoxy) is 2. The highest BCUT2D eigenvalue weighted by atomic mass is 19.1. The van der Waals surface area contributed by atoms with Crippen LogP contribution in [0.3, 0.4) is 0 Å². The van der Waals surface area contributed by atoms with Crippen molar-refractivity contribution in [1.82, 2.24) is 30.1 Å². The molecule has 64 heavy (non-hydrogen) atoms. The van der Waals surface area contributed by atoms with Crippen LogP contribution in [0.4, 0.5) is 42.3 Å². The van der Waals surface area contributed by atoms with Gasteiger partial charge in [-0.05, 0) is 75.9 Å². The van der Waals surface area contributed by atoms with Gasteiger partial charge in [-0.1, -0.05) is 12.1 Å². The molecule has 0 spiro atoms. The summed E-state index contributed by atoms with van der Waals surface area (Å²) in [4.78, 5) is 74.1. The molecular formula is C46H52F2N10O6. The third-order valence-electron chi connectivity index (χ3n) is 12.6. The SMILES string of the molecule is Cc1c(N2CCc3cnc(Nc4ccc(CC(=O)N5CCN(C6CN(c7ccc(C8CCC(=O)NC8=O)c(F)c7)C6)CC5)c(F)c4)nc3C2)cnc2c1N(C(=O)OC(C)(C)C)CCO2. The van der Waals surface area contributed by atoms with E-state index in [9.17, 15) is 19.2 Å². The van der Waals surface area contributed by atoms with E-state index in [1.807, 2.05) is 33.8 Å². The van der Waals surface area contributed by atoms with E-state index < -0.39 is 35.2 Å². The highest BCUT2D eigenvalue weighted by Gasteiger charge is 2.37. The number of nitrogens with zero attached hydrogens (tertiary/aromatic N) is 8. The Balaban J connectivity index is 0.764. The average molecular weight is 879 g/mol. The number of fused-ring (bicyclic) bond motifs is 2. The summed E-state index contributed by atoms with van der Waals surface area (Å²) < 4.78 is 42.1. The smallest absolute Gasteiger partial charge is 0.415 e. The summed E-state index contributed by atoms with van der Waals surface area (Å²) in [5.74, 6) is -1.86. The summed E-state index contributed by atoms with van der Waals surface area (Å²) in [6.45, 7) is 13.1. The fourth-order valence-corrected chi connectivity index (χ4v) is 9.11. The normalized spacial score (nSPS) is 19.3. The molecule has 9 rings (SSSR count). The van der Waals surface area contributed by atoms with Crippen LogP contribution in [0, 0.1) is 18.6 Å². The van der Waals surface area contributed by atoms with Crippen LogP contribution in [0.5, 0.6) is 5.88 Å². The van der Waals surface area contributed by atoms with Gasteiger partial charge in [0.15, 0.2) is 0 Å². The molecule has 16 nitrogen and oxygen atoms in total. The van der Waals surface area contributed by atoms with Crippen molar-refractivity contribution in [1.29, 1.82) is 0 Å². The van der Waals surface area contributed by atoms with Crippen LogP contribution in [0.2, 0.25) is 0 Å². The zero-order chi connectivity index (χ0) is 44.9. The second-order valence-corrected chi connectivity index (χ2v) is 18.0. The van der Waals surface area contributed by atoms with Crippen LogP contribution in [0.1, 0.15) is 67.5 Å². The molecule has 1 atom stereocenters. The lowest BCUT2D eigenvalue weighted by molar-refractivity contribution is -0.134. The molecule has 4 aromatic rings. The number of halogens is 2. The van der Waals surface area contributed by atoms with Crippen LogP contribution in [-0.2, 0) is 38.5 Å². The predicted molar refractivity (Wildman–Crippen MR) is 234 cm³/mol. The summed E-state index contributed by atoms with van der Waals surface area (Å²) >= 11 is 0. The second-order valence-electron chi connectivity index (χ2n) is 18.0. The summed E-state index contributed by atoms with van der Waals surface area (Å²) in [7, 11) is 0. The molecule has 5 aliphatic rings. The number of pyridine rings is 1. The Morgan fingerprint density at radius 2 is 1.73 bits per heavy atom. The van der Waals surface area contributed by atoms with Crippen molar-refractivity contribution in [2.24, 2.45) is 0 Å². The van der Waals surface area contributed by atoms with Gasteiger partial charge in [0.25, 0.3) is 0 Å². The highest BCUT2D eigenvalue weighted by molar-refractivity contribution is 6.01. The van der Waals surface area contributed by atoms with Crippen molar-refractivity contribution in [2.75, 3.05) is 79.0 Å². The molecule has 2 aromatic heterocycles. The molecular weight excluding hydrogens is 827 g/mol. The Morgan fingerprint density at radius 3 is 2.47 bits per heavy atom. The van der Waals surface area contributed by atoms with Crippen LogP contribution >= 0.6 is 0 Å². The number of anilines is 5. The number of nitrogens with one attached hydrogen (secondary N) is 2. The summed E-state index contributed by atoms with van der Waals surface area (Å²) in [6, 6.07) is 9.87. The number of piperazine rings is 1. The topological polar surface area (TPSA) is 166 Å². The van der Waals surface area contributed by atoms with Gasteiger partial charge >= 0.3 is 6.09 Å². The molecule has 2 N–H and O–H groups in total. The van der Waals surface area contributed by atoms with Crippen molar-refractivity contribution in [3.05, 3.63) is 88.4 Å². The lowest BCUT2D eigenvalue weighted by atomic mass is 9.90. The van der Waals surface area contributed by atoms with Gasteiger partial charge in [-0.25, -0.2) is 28.5 Å². The largest absolute Gasteiger partial charge is 0.474 e. The average Bonchev–Trinajstić information content (AvgIpc) is 3.24. The van der Waals surface area contributed by atoms with E-state index in [2.05, 4.69) is 35.3 Å². The molecule has 0 radical (unpaired) electrons. The van der Waals surface area contributed by atoms with E-state index in [0.717, 1.165) is 28.2 Å². The molecule has 3 saturated heterocycles. The van der Waals surface area contributed by atoms with Crippen LogP contribution < -0.4 is 30.1 Å². The summed E-state index contributed by atoms with van der Waals surface area (Å²) in [5.41, 5.74) is 5.25. The standard InChI is InChI=1S/C46H52F2N10O6/c1-27-38(23-49-43-41(27)58(17-18-63-43)45(62)64-46(2,3)4)56-12-11-29-22-50-44(52-37(29)26-56)51-30-6-5-28(35(47)20-30)19-40(60)55-15-13-54(14-16-55)32-24-57(25-32)31-7-8-33(36(48)21-31)34-9-10-39(59)53-42(34)61/h5-8,20-23,32,34H,9-19,24-26H2,1-4H3,(H,50,51,52)(H,53,59,61). The fraction of sp³-hybridized carbons (Fsp3) is 0.457. The van der Waals surface area contributed by atoms with E-state index in [-0.39, 0.29) is 30.7 Å². The number of hydrogen-bond donors (Lipinski definition) is 2. The lowest BCUT2D eigenvalue weighted by Gasteiger charge is -2.49. The number of hydrogen-bond acceptors (Lipinski definition) is 13. The molecule has 18 heteroatoms. The van der Waals surface area contributed by atoms with E-state index in [1.165, 1.54) is 12.1 Å². The Labute approximate surface area is 369 Å². The molecule has 4 amide bonds. The quantitative estimate of drug-likeness (QED) is 0.228. The summed E-state index contributed by atoms with van der Waals surface area (Å²) in [6.07, 6.45) is 4.21. The van der Waals surface area contributed by atoms with Gasteiger partial charge < -0.3 is 29.5 Å². The third kappa shape index (κ3) is 8.87. The molecule has 0 bridgehead atoms. The van der Waals surface area contributed by atoms with Gasteiger partial charge in [0.1, 0.15) is 29.5 Å². The fourth-order valence-electron chi connectivity index (χ4n) is 9.11. The van der Waals surface area contributed by atoms with Gasteiger partial charge in [-0.15, -0.1) is 0 Å². The van der Waals surface area contributed by atoms with E-state index >= 15 is 8.78 Å². The van der Waals surface area contributed by atoms with Gasteiger partial charge in [-0.2, -0.15) is 0 Å². The maximum absolute atomic E-state index is 15.5. The Bertz CT molecular complexity index is 2500. The molecule has 5 aliphatic heterocycles. The summed E-state index contributed by atoms with van der Waals surface area (Å²) in [5, 5.41) is 5.42. The van der Waals surface area contributed by atoms with Crippen molar-refractivity contribution in [3.63, 3.8) is 0 Å². The zero-order valence-corrected chi connectivity index (χ0v) is 36.5. The Hall–Kier alpha value is -6.43. The molecule has 1 unspecified atom stereocenters.